The lowest BCUT2D eigenvalue weighted by Crippen LogP contribution is -2.50. The van der Waals surface area contributed by atoms with Crippen molar-refractivity contribution >= 4 is 22.7 Å². The number of benzene rings is 1. The van der Waals surface area contributed by atoms with Crippen LogP contribution in [-0.4, -0.2) is 47.6 Å². The van der Waals surface area contributed by atoms with Crippen molar-refractivity contribution in [1.29, 1.82) is 0 Å². The summed E-state index contributed by atoms with van der Waals surface area (Å²) in [7, 11) is -4.27. The maximum atomic E-state index is 12.1. The molecule has 0 radical (unpaired) electrons. The summed E-state index contributed by atoms with van der Waals surface area (Å²) >= 11 is 0. The van der Waals surface area contributed by atoms with Crippen molar-refractivity contribution in [1.82, 2.24) is 0 Å². The van der Waals surface area contributed by atoms with Gasteiger partial charge in [0.1, 0.15) is 18.5 Å². The zero-order valence-electron chi connectivity index (χ0n) is 35.2. The van der Waals surface area contributed by atoms with Crippen molar-refractivity contribution in [2.75, 3.05) is 6.61 Å². The number of carbonyl (C=O) groups is 1. The highest BCUT2D eigenvalue weighted by Gasteiger charge is 2.44. The van der Waals surface area contributed by atoms with E-state index in [0.717, 1.165) is 12.2 Å². The molecule has 0 bridgehead atoms. The van der Waals surface area contributed by atoms with Gasteiger partial charge >= 0.3 is 6.09 Å². The van der Waals surface area contributed by atoms with Gasteiger partial charge in [0.15, 0.2) is 16.6 Å². The van der Waals surface area contributed by atoms with Crippen LogP contribution in [0.5, 0.6) is 5.75 Å². The van der Waals surface area contributed by atoms with E-state index in [0.29, 0.717) is 6.61 Å². The minimum atomic E-state index is -2.20. The summed E-state index contributed by atoms with van der Waals surface area (Å²) in [4.78, 5) is 12.1. The van der Waals surface area contributed by atoms with E-state index >= 15 is 0 Å². The van der Waals surface area contributed by atoms with Crippen molar-refractivity contribution in [2.45, 2.75) is 144 Å². The number of hydrogen-bond donors (Lipinski definition) is 1. The third-order valence-electron chi connectivity index (χ3n) is 11.1. The number of amides is 1. The van der Waals surface area contributed by atoms with Crippen LogP contribution in [0, 0.1) is 29.6 Å². The molecule has 0 aliphatic carbocycles. The molecular formula is C43H75NO5Si2. The predicted octanol–water partition coefficient (Wildman–Crippen LogP) is 12.1. The lowest BCUT2D eigenvalue weighted by molar-refractivity contribution is -0.0207. The van der Waals surface area contributed by atoms with Gasteiger partial charge in [0.2, 0.25) is 0 Å². The van der Waals surface area contributed by atoms with Crippen LogP contribution in [0.15, 0.2) is 78.9 Å². The second-order valence-corrected chi connectivity index (χ2v) is 27.4. The van der Waals surface area contributed by atoms with Gasteiger partial charge in [-0.05, 0) is 79.5 Å². The van der Waals surface area contributed by atoms with Crippen LogP contribution in [-0.2, 0) is 13.6 Å². The Morgan fingerprint density at radius 3 is 1.80 bits per heavy atom. The number of hydrogen-bond acceptors (Lipinski definition) is 5. The van der Waals surface area contributed by atoms with E-state index in [2.05, 4.69) is 134 Å². The predicted molar refractivity (Wildman–Crippen MR) is 223 cm³/mol. The van der Waals surface area contributed by atoms with Gasteiger partial charge in [0.05, 0.1) is 12.2 Å². The highest BCUT2D eigenvalue weighted by atomic mass is 28.4. The Morgan fingerprint density at radius 1 is 0.804 bits per heavy atom. The summed E-state index contributed by atoms with van der Waals surface area (Å²) in [6.07, 6.45) is 11.9. The fraction of sp³-hybridized carbons (Fsp3) is 0.651. The van der Waals surface area contributed by atoms with Crippen LogP contribution in [0.3, 0.4) is 0 Å². The molecule has 0 aliphatic rings. The molecule has 8 atom stereocenters. The molecule has 290 valence electrons. The molecule has 0 spiro atoms. The van der Waals surface area contributed by atoms with E-state index in [-0.39, 0.29) is 51.9 Å². The van der Waals surface area contributed by atoms with E-state index in [1.54, 1.807) is 6.08 Å². The Morgan fingerprint density at radius 2 is 1.31 bits per heavy atom. The zero-order chi connectivity index (χ0) is 39.4. The Balaban J connectivity index is 3.45. The van der Waals surface area contributed by atoms with Crippen molar-refractivity contribution in [3.63, 3.8) is 0 Å². The molecule has 0 aromatic heterocycles. The van der Waals surface area contributed by atoms with Crippen LogP contribution in [0.2, 0.25) is 36.3 Å². The Kier molecular flexibility index (Phi) is 18.4. The van der Waals surface area contributed by atoms with Gasteiger partial charge < -0.3 is 24.1 Å². The molecular weight excluding hydrogens is 667 g/mol. The maximum absolute atomic E-state index is 12.1. The van der Waals surface area contributed by atoms with Gasteiger partial charge in [-0.2, -0.15) is 0 Å². The number of carbonyl (C=O) groups excluding carboxylic acids is 1. The van der Waals surface area contributed by atoms with Gasteiger partial charge in [-0.1, -0.05) is 143 Å². The van der Waals surface area contributed by atoms with Crippen LogP contribution >= 0.6 is 0 Å². The van der Waals surface area contributed by atoms with Gasteiger partial charge in [0.25, 0.3) is 0 Å². The molecule has 8 heteroatoms. The number of allylic oxidation sites excluding steroid dienone is 3. The lowest BCUT2D eigenvalue weighted by Gasteiger charge is -2.45. The lowest BCUT2D eigenvalue weighted by atomic mass is 9.81. The first-order valence-electron chi connectivity index (χ1n) is 19.0. The first kappa shape index (κ1) is 46.6. The minimum Gasteiger partial charge on any atom is -0.490 e. The minimum absolute atomic E-state index is 0.00756. The van der Waals surface area contributed by atoms with Gasteiger partial charge in [-0.25, -0.2) is 4.79 Å². The van der Waals surface area contributed by atoms with E-state index in [1.165, 1.54) is 5.57 Å². The normalized spacial score (nSPS) is 18.5. The molecule has 1 amide bonds. The van der Waals surface area contributed by atoms with Gasteiger partial charge in [-0.15, -0.1) is 0 Å². The fourth-order valence-electron chi connectivity index (χ4n) is 6.12. The first-order valence-corrected chi connectivity index (χ1v) is 24.8. The van der Waals surface area contributed by atoms with Crippen LogP contribution in [0.1, 0.15) is 89.5 Å². The fourth-order valence-corrected chi connectivity index (χ4v) is 9.07. The summed E-state index contributed by atoms with van der Waals surface area (Å²) in [5.74, 6) is 1.20. The molecule has 0 saturated heterocycles. The highest BCUT2D eigenvalue weighted by molar-refractivity contribution is 6.74. The van der Waals surface area contributed by atoms with Crippen molar-refractivity contribution in [2.24, 2.45) is 35.3 Å². The average Bonchev–Trinajstić information content (AvgIpc) is 3.00. The van der Waals surface area contributed by atoms with E-state index in [9.17, 15) is 4.79 Å². The van der Waals surface area contributed by atoms with Crippen molar-refractivity contribution < 1.29 is 23.1 Å². The molecule has 51 heavy (non-hydrogen) atoms. The largest absolute Gasteiger partial charge is 0.490 e. The summed E-state index contributed by atoms with van der Waals surface area (Å²) in [6, 6.07) is 9.92. The smallest absolute Gasteiger partial charge is 0.404 e. The quantitative estimate of drug-likeness (QED) is 0.0817. The Bertz CT molecular complexity index is 1290. The summed E-state index contributed by atoms with van der Waals surface area (Å²) in [5.41, 5.74) is 6.92. The summed E-state index contributed by atoms with van der Waals surface area (Å²) < 4.78 is 26.2. The third kappa shape index (κ3) is 15.2. The molecule has 0 heterocycles. The van der Waals surface area contributed by atoms with E-state index in [4.69, 9.17) is 24.1 Å². The third-order valence-corrected chi connectivity index (χ3v) is 20.1. The molecule has 0 unspecified atom stereocenters. The molecule has 1 aromatic rings. The van der Waals surface area contributed by atoms with Gasteiger partial charge in [0, 0.05) is 11.8 Å². The zero-order valence-corrected chi connectivity index (χ0v) is 37.2. The molecule has 2 N–H and O–H groups in total. The van der Waals surface area contributed by atoms with E-state index in [1.807, 2.05) is 42.5 Å². The van der Waals surface area contributed by atoms with Crippen LogP contribution in [0.4, 0.5) is 4.79 Å². The molecule has 1 rings (SSSR count). The topological polar surface area (TPSA) is 80.0 Å². The second kappa shape index (κ2) is 20.2. The molecule has 1 aromatic carbocycles. The molecule has 6 nitrogen and oxygen atoms in total. The number of rotatable bonds is 20. The number of para-hydroxylation sites is 1. The SMILES string of the molecule is C=C/C=C\[C@H](C)[C@H](OC(N)=O)[C@@H](C)[C@H](O[Si](C)(C)C(C)(C)C)[C@@H](C)C/C(C)=C\[C@H](C)[C@@H](O[Si](C)(C)C(C)(C)C)[C@@H](C)/C=C\COc1ccccc1. The number of primary amides is 1. The summed E-state index contributed by atoms with van der Waals surface area (Å²) in [5, 5.41) is 0.104. The molecule has 0 aliphatic heterocycles. The number of nitrogens with two attached hydrogens (primary N) is 1. The average molecular weight is 742 g/mol. The van der Waals surface area contributed by atoms with Gasteiger partial charge in [-0.3, -0.25) is 0 Å². The highest BCUT2D eigenvalue weighted by Crippen LogP contribution is 2.42. The molecule has 0 fully saturated rings. The van der Waals surface area contributed by atoms with E-state index < -0.39 is 28.8 Å². The molecule has 0 saturated carbocycles. The Hall–Kier alpha value is -2.40. The Labute approximate surface area is 315 Å². The van der Waals surface area contributed by atoms with Crippen LogP contribution < -0.4 is 10.5 Å². The first-order chi connectivity index (χ1) is 23.3. The monoisotopic (exact) mass is 742 g/mol. The second-order valence-electron chi connectivity index (χ2n) is 17.9. The standard InChI is InChI=1S/C43H75NO5Si2/c1-18-19-24-33(4)39(47-41(44)45)36(7)40(49-51(16,17)43(11,12)13)35(6)30-31(2)29-34(5)38(48-50(14,15)42(8,9)10)32(3)25-23-28-46-37-26-21-20-22-27-37/h18-27,29,32-36,38-40H,1,28,30H2,2-17H3,(H2,44,45)/b24-19-,25-23-,31-29-/t32-,33-,34-,35-,36+,38-,39-,40+/m0/s1. The van der Waals surface area contributed by atoms with Crippen molar-refractivity contribution in [3.05, 3.63) is 78.9 Å². The maximum Gasteiger partial charge on any atom is 0.404 e. The van der Waals surface area contributed by atoms with Crippen LogP contribution in [0.25, 0.3) is 0 Å². The number of ether oxygens (including phenoxy) is 2. The summed E-state index contributed by atoms with van der Waals surface area (Å²) in [6.45, 7) is 40.5. The van der Waals surface area contributed by atoms with Crippen molar-refractivity contribution in [3.8, 4) is 5.75 Å².